The molecular weight excluding hydrogens is 328 g/mol. The van der Waals surface area contributed by atoms with Gasteiger partial charge in [-0.2, -0.15) is 0 Å². The predicted octanol–water partition coefficient (Wildman–Crippen LogP) is 1.63. The molecule has 1 N–H and O–H groups in total. The molecule has 2 aromatic heterocycles. The Morgan fingerprint density at radius 2 is 1.88 bits per heavy atom. The lowest BCUT2D eigenvalue weighted by Crippen LogP contribution is -2.36. The van der Waals surface area contributed by atoms with Gasteiger partial charge in [0.15, 0.2) is 0 Å². The van der Waals surface area contributed by atoms with E-state index in [0.717, 1.165) is 63.4 Å². The Balaban J connectivity index is 1.38. The molecule has 1 atom stereocenters. The molecule has 7 heteroatoms. The van der Waals surface area contributed by atoms with Crippen LogP contribution in [0.3, 0.4) is 0 Å². The van der Waals surface area contributed by atoms with Crippen LogP contribution in [0.2, 0.25) is 0 Å². The summed E-state index contributed by atoms with van der Waals surface area (Å²) >= 11 is 0. The number of nitrogens with zero attached hydrogens (tertiary/aromatic N) is 6. The molecule has 0 aromatic carbocycles. The number of hydrogen-bond acceptors (Lipinski definition) is 6. The standard InChI is InChI=1S/C19H28N6O/c1-23-10-6-20-17(23)11-15-4-8-24(9-5-15)18-12-19(22-14-21-18)25-7-2-3-16(25)13-26/h6,10,12,14-16,26H,2-5,7-9,11,13H2,1H3. The topological polar surface area (TPSA) is 70.3 Å². The van der Waals surface area contributed by atoms with Gasteiger partial charge in [0.1, 0.15) is 23.8 Å². The van der Waals surface area contributed by atoms with Crippen molar-refractivity contribution in [2.24, 2.45) is 13.0 Å². The van der Waals surface area contributed by atoms with Gasteiger partial charge in [0.2, 0.25) is 0 Å². The fourth-order valence-electron chi connectivity index (χ4n) is 4.21. The summed E-state index contributed by atoms with van der Waals surface area (Å²) in [5, 5.41) is 9.57. The van der Waals surface area contributed by atoms with Crippen molar-refractivity contribution in [3.8, 4) is 0 Å². The maximum atomic E-state index is 9.57. The van der Waals surface area contributed by atoms with E-state index < -0.39 is 0 Å². The summed E-state index contributed by atoms with van der Waals surface area (Å²) in [6, 6.07) is 2.29. The Bertz CT molecular complexity index is 724. The second-order valence-corrected chi connectivity index (χ2v) is 7.50. The van der Waals surface area contributed by atoms with Gasteiger partial charge in [-0.1, -0.05) is 0 Å². The van der Waals surface area contributed by atoms with Gasteiger partial charge in [0.25, 0.3) is 0 Å². The van der Waals surface area contributed by atoms with E-state index in [9.17, 15) is 5.11 Å². The van der Waals surface area contributed by atoms with Crippen LogP contribution in [0.4, 0.5) is 11.6 Å². The van der Waals surface area contributed by atoms with Crippen molar-refractivity contribution in [3.63, 3.8) is 0 Å². The van der Waals surface area contributed by atoms with E-state index in [1.807, 2.05) is 12.4 Å². The Kier molecular flexibility index (Phi) is 5.06. The van der Waals surface area contributed by atoms with Crippen LogP contribution in [0.1, 0.15) is 31.5 Å². The SMILES string of the molecule is Cn1ccnc1CC1CCN(c2cc(N3CCCC3CO)ncn2)CC1. The van der Waals surface area contributed by atoms with E-state index in [-0.39, 0.29) is 12.6 Å². The Morgan fingerprint density at radius 3 is 2.62 bits per heavy atom. The minimum absolute atomic E-state index is 0.192. The van der Waals surface area contributed by atoms with E-state index in [0.29, 0.717) is 5.92 Å². The van der Waals surface area contributed by atoms with Gasteiger partial charge in [0.05, 0.1) is 12.6 Å². The summed E-state index contributed by atoms with van der Waals surface area (Å²) in [7, 11) is 2.07. The highest BCUT2D eigenvalue weighted by Crippen LogP contribution is 2.28. The Labute approximate surface area is 154 Å². The maximum Gasteiger partial charge on any atom is 0.134 e. The number of anilines is 2. The molecule has 0 saturated carbocycles. The fraction of sp³-hybridized carbons (Fsp3) is 0.632. The number of aliphatic hydroxyl groups excluding tert-OH is 1. The van der Waals surface area contributed by atoms with Gasteiger partial charge in [-0.3, -0.25) is 0 Å². The summed E-state index contributed by atoms with van der Waals surface area (Å²) in [6.07, 6.45) is 11.1. The van der Waals surface area contributed by atoms with E-state index in [4.69, 9.17) is 0 Å². The van der Waals surface area contributed by atoms with E-state index in [2.05, 4.69) is 42.4 Å². The molecule has 0 aliphatic carbocycles. The van der Waals surface area contributed by atoms with Crippen molar-refractivity contribution >= 4 is 11.6 Å². The third-order valence-electron chi connectivity index (χ3n) is 5.85. The van der Waals surface area contributed by atoms with Crippen LogP contribution in [0.25, 0.3) is 0 Å². The van der Waals surface area contributed by atoms with Crippen molar-refractivity contribution in [2.45, 2.75) is 38.1 Å². The van der Waals surface area contributed by atoms with Gasteiger partial charge in [-0.25, -0.2) is 15.0 Å². The average molecular weight is 356 g/mol. The summed E-state index contributed by atoms with van der Waals surface area (Å²) < 4.78 is 2.12. The Hall–Kier alpha value is -2.15. The highest BCUT2D eigenvalue weighted by atomic mass is 16.3. The average Bonchev–Trinajstić information content (AvgIpc) is 3.31. The lowest BCUT2D eigenvalue weighted by Gasteiger charge is -2.33. The summed E-state index contributed by atoms with van der Waals surface area (Å²) in [6.45, 7) is 3.20. The first-order valence-electron chi connectivity index (χ1n) is 9.65. The summed E-state index contributed by atoms with van der Waals surface area (Å²) in [5.74, 6) is 3.82. The number of aliphatic hydroxyl groups is 1. The zero-order valence-corrected chi connectivity index (χ0v) is 15.5. The molecular formula is C19H28N6O. The van der Waals surface area contributed by atoms with Gasteiger partial charge in [-0.15, -0.1) is 0 Å². The molecule has 140 valence electrons. The highest BCUT2D eigenvalue weighted by molar-refractivity contribution is 5.51. The van der Waals surface area contributed by atoms with Crippen LogP contribution in [-0.2, 0) is 13.5 Å². The minimum atomic E-state index is 0.192. The molecule has 2 saturated heterocycles. The second kappa shape index (κ2) is 7.61. The van der Waals surface area contributed by atoms with Crippen molar-refractivity contribution in [1.82, 2.24) is 19.5 Å². The quantitative estimate of drug-likeness (QED) is 0.878. The van der Waals surface area contributed by atoms with Crippen molar-refractivity contribution in [3.05, 3.63) is 30.6 Å². The van der Waals surface area contributed by atoms with E-state index in [1.165, 1.54) is 5.82 Å². The zero-order chi connectivity index (χ0) is 17.9. The summed E-state index contributed by atoms with van der Waals surface area (Å²) in [4.78, 5) is 18.0. The normalized spacial score (nSPS) is 21.5. The first-order chi connectivity index (χ1) is 12.7. The van der Waals surface area contributed by atoms with Crippen molar-refractivity contribution < 1.29 is 5.11 Å². The number of hydrogen-bond donors (Lipinski definition) is 1. The summed E-state index contributed by atoms with van der Waals surface area (Å²) in [5.41, 5.74) is 0. The Morgan fingerprint density at radius 1 is 1.08 bits per heavy atom. The molecule has 2 aliphatic rings. The third-order valence-corrected chi connectivity index (χ3v) is 5.85. The molecule has 4 heterocycles. The van der Waals surface area contributed by atoms with Crippen molar-refractivity contribution in [1.29, 1.82) is 0 Å². The van der Waals surface area contributed by atoms with Gasteiger partial charge in [0, 0.05) is 51.6 Å². The van der Waals surface area contributed by atoms with Crippen LogP contribution in [0.15, 0.2) is 24.8 Å². The van der Waals surface area contributed by atoms with Crippen LogP contribution in [-0.4, -0.2) is 56.9 Å². The molecule has 0 radical (unpaired) electrons. The number of imidazole rings is 1. The van der Waals surface area contributed by atoms with E-state index in [1.54, 1.807) is 6.33 Å². The van der Waals surface area contributed by atoms with Gasteiger partial charge < -0.3 is 19.5 Å². The van der Waals surface area contributed by atoms with Crippen LogP contribution in [0, 0.1) is 5.92 Å². The largest absolute Gasteiger partial charge is 0.394 e. The van der Waals surface area contributed by atoms with E-state index >= 15 is 0 Å². The molecule has 26 heavy (non-hydrogen) atoms. The van der Waals surface area contributed by atoms with Crippen LogP contribution < -0.4 is 9.80 Å². The second-order valence-electron chi connectivity index (χ2n) is 7.50. The lowest BCUT2D eigenvalue weighted by molar-refractivity contribution is 0.266. The number of rotatable bonds is 5. The molecule has 0 bridgehead atoms. The number of aromatic nitrogens is 4. The first-order valence-corrected chi connectivity index (χ1v) is 9.65. The van der Waals surface area contributed by atoms with Gasteiger partial charge >= 0.3 is 0 Å². The van der Waals surface area contributed by atoms with Crippen LogP contribution >= 0.6 is 0 Å². The smallest absolute Gasteiger partial charge is 0.134 e. The zero-order valence-electron chi connectivity index (χ0n) is 15.5. The minimum Gasteiger partial charge on any atom is -0.394 e. The van der Waals surface area contributed by atoms with Gasteiger partial charge in [-0.05, 0) is 31.6 Å². The molecule has 4 rings (SSSR count). The molecule has 2 fully saturated rings. The molecule has 2 aromatic rings. The molecule has 1 unspecified atom stereocenters. The molecule has 2 aliphatic heterocycles. The highest BCUT2D eigenvalue weighted by Gasteiger charge is 2.26. The predicted molar refractivity (Wildman–Crippen MR) is 101 cm³/mol. The molecule has 7 nitrogen and oxygen atoms in total. The monoisotopic (exact) mass is 356 g/mol. The van der Waals surface area contributed by atoms with Crippen LogP contribution in [0.5, 0.6) is 0 Å². The van der Waals surface area contributed by atoms with Crippen molar-refractivity contribution in [2.75, 3.05) is 36.0 Å². The number of aryl methyl sites for hydroxylation is 1. The number of piperidine rings is 1. The molecule has 0 spiro atoms. The lowest BCUT2D eigenvalue weighted by atomic mass is 9.93. The third kappa shape index (κ3) is 3.53. The maximum absolute atomic E-state index is 9.57. The first kappa shape index (κ1) is 17.3. The fourth-order valence-corrected chi connectivity index (χ4v) is 4.21. The molecule has 0 amide bonds.